The van der Waals surface area contributed by atoms with Crippen LogP contribution in [0.5, 0.6) is 0 Å². The second-order valence-corrected chi connectivity index (χ2v) is 4.26. The second kappa shape index (κ2) is 6.81. The number of halogens is 4. The van der Waals surface area contributed by atoms with E-state index < -0.39 is 0 Å². The minimum atomic E-state index is 0.186. The summed E-state index contributed by atoms with van der Waals surface area (Å²) in [6.07, 6.45) is 1.83. The summed E-state index contributed by atoms with van der Waals surface area (Å²) < 4.78 is 6.83. The number of imidazole rings is 1. The molecule has 0 N–H and O–H groups in total. The molecule has 0 saturated carbocycles. The summed E-state index contributed by atoms with van der Waals surface area (Å²) in [5, 5.41) is 0.701. The van der Waals surface area contributed by atoms with Gasteiger partial charge in [-0.25, -0.2) is 4.98 Å². The zero-order valence-electron chi connectivity index (χ0n) is 7.85. The minimum absolute atomic E-state index is 0.186. The molecule has 0 fully saturated rings. The van der Waals surface area contributed by atoms with Crippen molar-refractivity contribution in [1.82, 2.24) is 9.55 Å². The molecule has 1 aromatic heterocycles. The van der Waals surface area contributed by atoms with Gasteiger partial charge >= 0.3 is 0 Å². The van der Waals surface area contributed by atoms with Gasteiger partial charge in [0.2, 0.25) is 5.28 Å². The molecule has 0 aliphatic carbocycles. The fraction of sp³-hybridized carbons (Fsp3) is 0.625. The van der Waals surface area contributed by atoms with Crippen molar-refractivity contribution in [2.24, 2.45) is 0 Å². The zero-order chi connectivity index (χ0) is 11.3. The van der Waals surface area contributed by atoms with Crippen LogP contribution in [0.4, 0.5) is 0 Å². The normalized spacial score (nSPS) is 10.9. The molecule has 0 atom stereocenters. The first-order valence-corrected chi connectivity index (χ1v) is 6.04. The molecule has 0 aliphatic heterocycles. The van der Waals surface area contributed by atoms with Gasteiger partial charge in [-0.05, 0) is 24.4 Å². The van der Waals surface area contributed by atoms with E-state index in [1.807, 2.05) is 0 Å². The Balaban J connectivity index is 2.37. The van der Waals surface area contributed by atoms with Crippen molar-refractivity contribution in [3.8, 4) is 0 Å². The van der Waals surface area contributed by atoms with Crippen molar-refractivity contribution in [3.05, 3.63) is 15.6 Å². The molecule has 0 spiro atoms. The quantitative estimate of drug-likeness (QED) is 0.588. The Bertz CT molecular complexity index is 316. The highest BCUT2D eigenvalue weighted by Crippen LogP contribution is 2.25. The van der Waals surface area contributed by atoms with Crippen molar-refractivity contribution in [3.63, 3.8) is 0 Å². The van der Waals surface area contributed by atoms with E-state index in [2.05, 4.69) is 4.98 Å². The fourth-order valence-corrected chi connectivity index (χ4v) is 1.79. The number of hydrogen-bond donors (Lipinski definition) is 0. The molecule has 7 heteroatoms. The van der Waals surface area contributed by atoms with Crippen LogP contribution in [0.1, 0.15) is 12.8 Å². The average molecular weight is 292 g/mol. The summed E-state index contributed by atoms with van der Waals surface area (Å²) in [5.41, 5.74) is 0. The van der Waals surface area contributed by atoms with E-state index in [4.69, 9.17) is 51.1 Å². The number of ether oxygens (including phenoxy) is 1. The zero-order valence-corrected chi connectivity index (χ0v) is 10.9. The summed E-state index contributed by atoms with van der Waals surface area (Å²) in [5.74, 6) is 0.641. The van der Waals surface area contributed by atoms with Gasteiger partial charge < -0.3 is 4.74 Å². The first-order valence-electron chi connectivity index (χ1n) is 4.37. The van der Waals surface area contributed by atoms with Crippen LogP contribution in [-0.2, 0) is 11.5 Å². The highest BCUT2D eigenvalue weighted by atomic mass is 35.5. The number of hydrogen-bond acceptors (Lipinski definition) is 2. The summed E-state index contributed by atoms with van der Waals surface area (Å²) in [7, 11) is 0. The van der Waals surface area contributed by atoms with Gasteiger partial charge in [0.25, 0.3) is 0 Å². The van der Waals surface area contributed by atoms with Crippen molar-refractivity contribution in [2.75, 3.05) is 12.5 Å². The predicted octanol–water partition coefficient (Wildman–Crippen LogP) is 3.84. The highest BCUT2D eigenvalue weighted by Gasteiger charge is 2.11. The van der Waals surface area contributed by atoms with Crippen molar-refractivity contribution in [2.45, 2.75) is 19.6 Å². The molecular weight excluding hydrogens is 282 g/mol. The number of alkyl halides is 1. The van der Waals surface area contributed by atoms with Crippen LogP contribution in [0.3, 0.4) is 0 Å². The van der Waals surface area contributed by atoms with E-state index >= 15 is 0 Å². The van der Waals surface area contributed by atoms with E-state index in [-0.39, 0.29) is 17.2 Å². The van der Waals surface area contributed by atoms with Crippen LogP contribution in [0, 0.1) is 0 Å². The number of rotatable bonds is 6. The largest absolute Gasteiger partial charge is 0.361 e. The van der Waals surface area contributed by atoms with Crippen LogP contribution < -0.4 is 0 Å². The van der Waals surface area contributed by atoms with E-state index in [1.165, 1.54) is 4.57 Å². The highest BCUT2D eigenvalue weighted by molar-refractivity contribution is 6.41. The lowest BCUT2D eigenvalue weighted by Crippen LogP contribution is -2.04. The molecule has 1 aromatic rings. The minimum Gasteiger partial charge on any atom is -0.361 e. The Kier molecular flexibility index (Phi) is 6.09. The van der Waals surface area contributed by atoms with Crippen molar-refractivity contribution < 1.29 is 4.74 Å². The first kappa shape index (κ1) is 13.4. The van der Waals surface area contributed by atoms with Crippen LogP contribution in [0.25, 0.3) is 0 Å². The monoisotopic (exact) mass is 290 g/mol. The standard InChI is InChI=1S/C8H10Cl4N2O/c9-3-1-2-4-15-5-14-7(11)6(10)13-8(14)12/h1-5H2. The maximum Gasteiger partial charge on any atom is 0.207 e. The SMILES string of the molecule is ClCCCCOCn1c(Cl)nc(Cl)c1Cl. The van der Waals surface area contributed by atoms with Gasteiger partial charge in [-0.2, -0.15) is 0 Å². The lowest BCUT2D eigenvalue weighted by Gasteiger charge is -2.06. The van der Waals surface area contributed by atoms with Crippen molar-refractivity contribution in [1.29, 1.82) is 0 Å². The third kappa shape index (κ3) is 4.00. The van der Waals surface area contributed by atoms with Crippen LogP contribution in [-0.4, -0.2) is 22.0 Å². The first-order chi connectivity index (χ1) is 7.16. The molecule has 15 heavy (non-hydrogen) atoms. The molecule has 0 saturated heterocycles. The smallest absolute Gasteiger partial charge is 0.207 e. The van der Waals surface area contributed by atoms with Crippen LogP contribution in [0.2, 0.25) is 15.6 Å². The van der Waals surface area contributed by atoms with Crippen LogP contribution in [0.15, 0.2) is 0 Å². The Labute approximate surface area is 108 Å². The van der Waals surface area contributed by atoms with Gasteiger partial charge in [0.1, 0.15) is 6.73 Å². The van der Waals surface area contributed by atoms with Gasteiger partial charge in [0.05, 0.1) is 0 Å². The molecule has 0 amide bonds. The molecule has 3 nitrogen and oxygen atoms in total. The third-order valence-electron chi connectivity index (χ3n) is 1.71. The number of unbranched alkanes of at least 4 members (excludes halogenated alkanes) is 1. The molecule has 0 aliphatic rings. The number of aromatic nitrogens is 2. The lowest BCUT2D eigenvalue weighted by molar-refractivity contribution is 0.0752. The molecular formula is C8H10Cl4N2O. The van der Waals surface area contributed by atoms with Gasteiger partial charge in [0.15, 0.2) is 10.3 Å². The molecule has 0 bridgehead atoms. The molecule has 1 heterocycles. The predicted molar refractivity (Wildman–Crippen MR) is 63.2 cm³/mol. The van der Waals surface area contributed by atoms with Gasteiger partial charge in [0, 0.05) is 12.5 Å². The maximum absolute atomic E-state index is 5.84. The molecule has 86 valence electrons. The fourth-order valence-electron chi connectivity index (χ4n) is 0.944. The van der Waals surface area contributed by atoms with E-state index in [0.29, 0.717) is 17.6 Å². The molecule has 0 aromatic carbocycles. The molecule has 1 rings (SSSR count). The van der Waals surface area contributed by atoms with Gasteiger partial charge in [-0.15, -0.1) is 11.6 Å². The molecule has 0 unspecified atom stereocenters. The van der Waals surface area contributed by atoms with Gasteiger partial charge in [-0.3, -0.25) is 4.57 Å². The average Bonchev–Trinajstić information content (AvgIpc) is 2.44. The Morgan fingerprint density at radius 3 is 2.47 bits per heavy atom. The maximum atomic E-state index is 5.84. The summed E-state index contributed by atoms with van der Waals surface area (Å²) >= 11 is 22.8. The topological polar surface area (TPSA) is 27.1 Å². The molecule has 0 radical (unpaired) electrons. The van der Waals surface area contributed by atoms with Gasteiger partial charge in [-0.1, -0.05) is 23.2 Å². The van der Waals surface area contributed by atoms with E-state index in [1.54, 1.807) is 0 Å². The Morgan fingerprint density at radius 1 is 1.20 bits per heavy atom. The number of nitrogens with zero attached hydrogens (tertiary/aromatic N) is 2. The summed E-state index contributed by atoms with van der Waals surface area (Å²) in [6, 6.07) is 0. The van der Waals surface area contributed by atoms with Crippen LogP contribution >= 0.6 is 46.4 Å². The lowest BCUT2D eigenvalue weighted by atomic mass is 10.4. The summed E-state index contributed by atoms with van der Waals surface area (Å²) in [4.78, 5) is 3.79. The summed E-state index contributed by atoms with van der Waals surface area (Å²) in [6.45, 7) is 0.856. The van der Waals surface area contributed by atoms with E-state index in [0.717, 1.165) is 12.8 Å². The second-order valence-electron chi connectivity index (χ2n) is 2.82. The van der Waals surface area contributed by atoms with E-state index in [9.17, 15) is 0 Å². The Hall–Kier alpha value is 0.330. The third-order valence-corrected chi connectivity index (χ3v) is 3.01. The Morgan fingerprint density at radius 2 is 1.93 bits per heavy atom. The van der Waals surface area contributed by atoms with Crippen molar-refractivity contribution >= 4 is 46.4 Å².